The highest BCUT2D eigenvalue weighted by Crippen LogP contribution is 2.19. The molecular weight excluding hydrogens is 506 g/mol. The van der Waals surface area contributed by atoms with Gasteiger partial charge in [-0.25, -0.2) is 9.78 Å². The Morgan fingerprint density at radius 1 is 0.949 bits per heavy atom. The molecule has 1 aromatic carbocycles. The van der Waals surface area contributed by atoms with E-state index in [2.05, 4.69) is 30.9 Å². The fourth-order valence-corrected chi connectivity index (χ4v) is 4.15. The standard InChI is InChI=1S/C26H35N7O6/c1-13(2)21(32-23(35)18(27)9-16-11-28-12-30-16)24(36)33-22(14(3)34)25(37)31-20(26(38)39)8-15-10-29-19-7-5-4-6-17(15)19/h4-7,10-14,18,20-22,29,34H,8-9,27H2,1-3H3,(H,28,30)(H,31,37)(H,32,35)(H,33,36)(H,38,39). The van der Waals surface area contributed by atoms with Crippen molar-refractivity contribution in [2.75, 3.05) is 0 Å². The second-order valence-corrected chi connectivity index (χ2v) is 9.81. The Morgan fingerprint density at radius 3 is 2.23 bits per heavy atom. The molecule has 2 heterocycles. The van der Waals surface area contributed by atoms with Crippen LogP contribution in [0, 0.1) is 5.92 Å². The van der Waals surface area contributed by atoms with Crippen molar-refractivity contribution in [1.82, 2.24) is 30.9 Å². The number of benzene rings is 1. The number of para-hydroxylation sites is 1. The Labute approximate surface area is 225 Å². The normalized spacial score (nSPS) is 15.2. The number of amides is 3. The third-order valence-electron chi connectivity index (χ3n) is 6.35. The van der Waals surface area contributed by atoms with E-state index in [1.165, 1.54) is 19.4 Å². The number of aliphatic hydroxyl groups excluding tert-OH is 1. The number of carbonyl (C=O) groups excluding carboxylic acids is 3. The number of rotatable bonds is 13. The number of carboxylic acids is 1. The summed E-state index contributed by atoms with van der Waals surface area (Å²) in [5.74, 6) is -3.85. The number of aliphatic hydroxyl groups is 1. The molecule has 5 atom stereocenters. The summed E-state index contributed by atoms with van der Waals surface area (Å²) >= 11 is 0. The van der Waals surface area contributed by atoms with Crippen molar-refractivity contribution in [3.05, 3.63) is 54.2 Å². The summed E-state index contributed by atoms with van der Waals surface area (Å²) in [5, 5.41) is 28.3. The van der Waals surface area contributed by atoms with Gasteiger partial charge in [-0.1, -0.05) is 32.0 Å². The topological polar surface area (TPSA) is 215 Å². The van der Waals surface area contributed by atoms with E-state index in [0.717, 1.165) is 10.9 Å². The minimum absolute atomic E-state index is 0.0234. The van der Waals surface area contributed by atoms with Crippen LogP contribution in [-0.2, 0) is 32.0 Å². The molecule has 0 aliphatic rings. The smallest absolute Gasteiger partial charge is 0.326 e. The van der Waals surface area contributed by atoms with Crippen LogP contribution in [0.1, 0.15) is 32.0 Å². The van der Waals surface area contributed by atoms with E-state index in [1.807, 2.05) is 24.3 Å². The van der Waals surface area contributed by atoms with Gasteiger partial charge in [-0.05, 0) is 24.5 Å². The fraction of sp³-hybridized carbons (Fsp3) is 0.423. The Morgan fingerprint density at radius 2 is 1.62 bits per heavy atom. The molecular formula is C26H35N7O6. The summed E-state index contributed by atoms with van der Waals surface area (Å²) in [6, 6.07) is 2.52. The van der Waals surface area contributed by atoms with Crippen molar-refractivity contribution < 1.29 is 29.4 Å². The minimum atomic E-state index is -1.47. The number of aliphatic carboxylic acids is 1. The second-order valence-electron chi connectivity index (χ2n) is 9.81. The molecule has 5 unspecified atom stereocenters. The zero-order valence-electron chi connectivity index (χ0n) is 22.0. The molecule has 0 saturated carbocycles. The van der Waals surface area contributed by atoms with Gasteiger partial charge < -0.3 is 41.9 Å². The maximum absolute atomic E-state index is 13.1. The molecule has 13 heteroatoms. The lowest BCUT2D eigenvalue weighted by molar-refractivity contribution is -0.143. The van der Waals surface area contributed by atoms with Crippen LogP contribution in [0.5, 0.6) is 0 Å². The van der Waals surface area contributed by atoms with Crippen LogP contribution in [0.2, 0.25) is 0 Å². The van der Waals surface area contributed by atoms with Gasteiger partial charge in [-0.15, -0.1) is 0 Å². The summed E-state index contributed by atoms with van der Waals surface area (Å²) in [6.07, 6.45) is 3.46. The van der Waals surface area contributed by atoms with Gasteiger partial charge >= 0.3 is 5.97 Å². The Kier molecular flexibility index (Phi) is 9.79. The summed E-state index contributed by atoms with van der Waals surface area (Å²) in [5.41, 5.74) is 8.13. The third kappa shape index (κ3) is 7.65. The maximum Gasteiger partial charge on any atom is 0.326 e. The van der Waals surface area contributed by atoms with E-state index in [1.54, 1.807) is 20.0 Å². The molecule has 2 aromatic heterocycles. The summed E-state index contributed by atoms with van der Waals surface area (Å²) < 4.78 is 0. The molecule has 0 radical (unpaired) electrons. The van der Waals surface area contributed by atoms with E-state index in [9.17, 15) is 29.4 Å². The first-order valence-electron chi connectivity index (χ1n) is 12.6. The fourth-order valence-electron chi connectivity index (χ4n) is 4.15. The number of aromatic nitrogens is 3. The predicted octanol–water partition coefficient (Wildman–Crippen LogP) is -0.421. The first kappa shape index (κ1) is 29.3. The van der Waals surface area contributed by atoms with E-state index in [0.29, 0.717) is 11.3 Å². The van der Waals surface area contributed by atoms with Gasteiger partial charge in [0.2, 0.25) is 17.7 Å². The number of imidazole rings is 1. The zero-order chi connectivity index (χ0) is 28.7. The molecule has 0 bridgehead atoms. The number of hydrogen-bond acceptors (Lipinski definition) is 7. The summed E-state index contributed by atoms with van der Waals surface area (Å²) in [4.78, 5) is 60.6. The predicted molar refractivity (Wildman–Crippen MR) is 142 cm³/mol. The highest BCUT2D eigenvalue weighted by Gasteiger charge is 2.34. The van der Waals surface area contributed by atoms with Gasteiger partial charge in [0.1, 0.15) is 18.1 Å². The van der Waals surface area contributed by atoms with Gasteiger partial charge in [0.05, 0.1) is 18.5 Å². The van der Waals surface area contributed by atoms with E-state index >= 15 is 0 Å². The van der Waals surface area contributed by atoms with Crippen LogP contribution in [0.15, 0.2) is 43.0 Å². The Balaban J connectivity index is 1.67. The molecule has 13 nitrogen and oxygen atoms in total. The van der Waals surface area contributed by atoms with Crippen LogP contribution >= 0.6 is 0 Å². The zero-order valence-corrected chi connectivity index (χ0v) is 22.0. The van der Waals surface area contributed by atoms with Crippen molar-refractivity contribution in [2.45, 2.75) is 63.9 Å². The molecule has 0 saturated heterocycles. The maximum atomic E-state index is 13.1. The number of carboxylic acid groups (broad SMARTS) is 1. The van der Waals surface area contributed by atoms with Crippen molar-refractivity contribution in [3.8, 4) is 0 Å². The number of nitrogens with two attached hydrogens (primary N) is 1. The monoisotopic (exact) mass is 541 g/mol. The van der Waals surface area contributed by atoms with Crippen LogP contribution in [0.4, 0.5) is 0 Å². The van der Waals surface area contributed by atoms with Crippen LogP contribution < -0.4 is 21.7 Å². The third-order valence-corrected chi connectivity index (χ3v) is 6.35. The van der Waals surface area contributed by atoms with Crippen molar-refractivity contribution >= 4 is 34.6 Å². The molecule has 210 valence electrons. The number of fused-ring (bicyclic) bond motifs is 1. The van der Waals surface area contributed by atoms with E-state index in [4.69, 9.17) is 5.73 Å². The molecule has 0 fully saturated rings. The first-order chi connectivity index (χ1) is 18.5. The minimum Gasteiger partial charge on any atom is -0.480 e. The van der Waals surface area contributed by atoms with Gasteiger partial charge in [-0.2, -0.15) is 0 Å². The van der Waals surface area contributed by atoms with Crippen LogP contribution in [0.3, 0.4) is 0 Å². The average molecular weight is 542 g/mol. The molecule has 0 spiro atoms. The lowest BCUT2D eigenvalue weighted by Crippen LogP contribution is -2.61. The van der Waals surface area contributed by atoms with Gasteiger partial charge in [0, 0.05) is 41.8 Å². The van der Waals surface area contributed by atoms with E-state index < -0.39 is 54.0 Å². The number of hydrogen-bond donors (Lipinski definition) is 8. The number of H-pyrrole nitrogens is 2. The Bertz CT molecular complexity index is 1290. The molecule has 39 heavy (non-hydrogen) atoms. The molecule has 3 aromatic rings. The SMILES string of the molecule is CC(C)C(NC(=O)C(N)Cc1cnc[nH]1)C(=O)NC(C(=O)NC(Cc1c[nH]c2ccccc12)C(=O)O)C(C)O. The summed E-state index contributed by atoms with van der Waals surface area (Å²) in [7, 11) is 0. The van der Waals surface area contributed by atoms with Crippen molar-refractivity contribution in [2.24, 2.45) is 11.7 Å². The van der Waals surface area contributed by atoms with E-state index in [-0.39, 0.29) is 18.8 Å². The molecule has 3 rings (SSSR count). The number of aromatic amines is 2. The lowest BCUT2D eigenvalue weighted by Gasteiger charge is -2.28. The highest BCUT2D eigenvalue weighted by molar-refractivity contribution is 5.94. The number of carbonyl (C=O) groups is 4. The second kappa shape index (κ2) is 13.0. The van der Waals surface area contributed by atoms with Gasteiger partial charge in [0.25, 0.3) is 0 Å². The quantitative estimate of drug-likeness (QED) is 0.142. The largest absolute Gasteiger partial charge is 0.480 e. The highest BCUT2D eigenvalue weighted by atomic mass is 16.4. The van der Waals surface area contributed by atoms with Crippen molar-refractivity contribution in [3.63, 3.8) is 0 Å². The van der Waals surface area contributed by atoms with Gasteiger partial charge in [-0.3, -0.25) is 14.4 Å². The summed E-state index contributed by atoms with van der Waals surface area (Å²) in [6.45, 7) is 4.69. The number of nitrogens with one attached hydrogen (secondary N) is 5. The molecule has 0 aliphatic carbocycles. The lowest BCUT2D eigenvalue weighted by atomic mass is 10.0. The molecule has 9 N–H and O–H groups in total. The Hall–Kier alpha value is -4.23. The van der Waals surface area contributed by atoms with Gasteiger partial charge in [0.15, 0.2) is 0 Å². The number of nitrogens with zero attached hydrogens (tertiary/aromatic N) is 1. The van der Waals surface area contributed by atoms with Crippen LogP contribution in [0.25, 0.3) is 10.9 Å². The first-order valence-corrected chi connectivity index (χ1v) is 12.6. The molecule has 0 aliphatic heterocycles. The molecule has 3 amide bonds. The average Bonchev–Trinajstić information content (AvgIpc) is 3.54. The van der Waals surface area contributed by atoms with Crippen LogP contribution in [-0.4, -0.2) is 79.1 Å². The van der Waals surface area contributed by atoms with Crippen molar-refractivity contribution in [1.29, 1.82) is 0 Å².